The lowest BCUT2D eigenvalue weighted by Crippen LogP contribution is -2.22. The van der Waals surface area contributed by atoms with Gasteiger partial charge in [0.15, 0.2) is 0 Å². The Kier molecular flexibility index (Phi) is 8.97. The second-order valence-corrected chi connectivity index (χ2v) is 18.6. The van der Waals surface area contributed by atoms with Gasteiger partial charge in [0.2, 0.25) is 0 Å². The Bertz CT molecular complexity index is 3290. The fourth-order valence-electron chi connectivity index (χ4n) is 11.1. The molecule has 0 N–H and O–H groups in total. The van der Waals surface area contributed by atoms with Crippen molar-refractivity contribution in [2.24, 2.45) is 0 Å². The van der Waals surface area contributed by atoms with E-state index in [2.05, 4.69) is 212 Å². The van der Waals surface area contributed by atoms with Gasteiger partial charge in [-0.1, -0.05) is 183 Å². The van der Waals surface area contributed by atoms with E-state index in [-0.39, 0.29) is 5.41 Å². The Balaban J connectivity index is 1.03. The van der Waals surface area contributed by atoms with Crippen molar-refractivity contribution in [3.05, 3.63) is 222 Å². The summed E-state index contributed by atoms with van der Waals surface area (Å²) in [5.74, 6) is 0.593. The van der Waals surface area contributed by atoms with Gasteiger partial charge in [-0.15, -0.1) is 11.3 Å². The molecule has 1 atom stereocenters. The van der Waals surface area contributed by atoms with Gasteiger partial charge in [0.25, 0.3) is 0 Å². The monoisotopic (exact) mass is 813 g/mol. The summed E-state index contributed by atoms with van der Waals surface area (Å²) in [4.78, 5) is 2.53. The maximum Gasteiger partial charge on any atom is 0.0640 e. The molecule has 1 saturated carbocycles. The highest BCUT2D eigenvalue weighted by Gasteiger charge is 2.40. The highest BCUT2D eigenvalue weighted by molar-refractivity contribution is 7.26. The van der Waals surface area contributed by atoms with Gasteiger partial charge in [-0.3, -0.25) is 0 Å². The first kappa shape index (κ1) is 37.1. The zero-order chi connectivity index (χ0) is 41.2. The summed E-state index contributed by atoms with van der Waals surface area (Å²) < 4.78 is 2.61. The molecule has 0 radical (unpaired) electrons. The van der Waals surface area contributed by atoms with E-state index in [0.717, 1.165) is 5.69 Å². The molecular formula is C60H47NS. The van der Waals surface area contributed by atoms with Crippen molar-refractivity contribution >= 4 is 59.3 Å². The molecule has 0 saturated heterocycles. The summed E-state index contributed by atoms with van der Waals surface area (Å²) in [6.07, 6.45) is 6.51. The van der Waals surface area contributed by atoms with Gasteiger partial charge in [0, 0.05) is 32.1 Å². The summed E-state index contributed by atoms with van der Waals surface area (Å²) in [6.45, 7) is 2.40. The van der Waals surface area contributed by atoms with Crippen LogP contribution in [-0.4, -0.2) is 0 Å². The summed E-state index contributed by atoms with van der Waals surface area (Å²) in [6, 6.07) is 75.2. The fraction of sp³-hybridized carbons (Fsp3) is 0.133. The average Bonchev–Trinajstić information content (AvgIpc) is 3.86. The average molecular weight is 814 g/mol. The van der Waals surface area contributed by atoms with Gasteiger partial charge >= 0.3 is 0 Å². The van der Waals surface area contributed by atoms with Gasteiger partial charge in [-0.2, -0.15) is 0 Å². The highest BCUT2D eigenvalue weighted by atomic mass is 32.1. The van der Waals surface area contributed by atoms with Crippen LogP contribution in [0.4, 0.5) is 17.1 Å². The van der Waals surface area contributed by atoms with Gasteiger partial charge in [0.05, 0.1) is 16.1 Å². The van der Waals surface area contributed by atoms with Crippen LogP contribution in [0.25, 0.3) is 64.3 Å². The minimum atomic E-state index is -0.245. The van der Waals surface area contributed by atoms with Crippen LogP contribution in [0.1, 0.15) is 67.2 Å². The second kappa shape index (κ2) is 15.0. The van der Waals surface area contributed by atoms with Crippen LogP contribution < -0.4 is 4.90 Å². The van der Waals surface area contributed by atoms with E-state index in [4.69, 9.17) is 0 Å². The quantitative estimate of drug-likeness (QED) is 0.155. The molecule has 1 heterocycles. The first-order valence-electron chi connectivity index (χ1n) is 22.4. The maximum absolute atomic E-state index is 2.53. The predicted molar refractivity (Wildman–Crippen MR) is 266 cm³/mol. The summed E-state index contributed by atoms with van der Waals surface area (Å²) in [7, 11) is 0. The Morgan fingerprint density at radius 2 is 1.13 bits per heavy atom. The van der Waals surface area contributed by atoms with E-state index < -0.39 is 0 Å². The molecule has 1 unspecified atom stereocenters. The summed E-state index contributed by atoms with van der Waals surface area (Å²) in [5, 5.41) is 5.34. The number of hydrogen-bond donors (Lipinski definition) is 0. The number of nitrogens with zero attached hydrogens (tertiary/aromatic N) is 1. The lowest BCUT2D eigenvalue weighted by molar-refractivity contribution is 0.445. The molecule has 10 aromatic rings. The van der Waals surface area contributed by atoms with Gasteiger partial charge in [-0.05, 0) is 123 Å². The molecule has 2 aliphatic rings. The Hall–Kier alpha value is -6.74. The molecule has 0 amide bonds. The zero-order valence-corrected chi connectivity index (χ0v) is 35.8. The van der Waals surface area contributed by atoms with E-state index in [9.17, 15) is 0 Å². The Morgan fingerprint density at radius 1 is 0.484 bits per heavy atom. The number of thiophene rings is 1. The van der Waals surface area contributed by atoms with E-state index in [0.29, 0.717) is 5.92 Å². The maximum atomic E-state index is 2.53. The number of benzene rings is 9. The van der Waals surface area contributed by atoms with Crippen molar-refractivity contribution in [3.63, 3.8) is 0 Å². The Morgan fingerprint density at radius 3 is 1.98 bits per heavy atom. The molecule has 1 aromatic heterocycles. The second-order valence-electron chi connectivity index (χ2n) is 17.5. The van der Waals surface area contributed by atoms with Crippen LogP contribution in [0.3, 0.4) is 0 Å². The summed E-state index contributed by atoms with van der Waals surface area (Å²) >= 11 is 1.89. The molecule has 2 heteroatoms. The summed E-state index contributed by atoms with van der Waals surface area (Å²) in [5.41, 5.74) is 16.5. The van der Waals surface area contributed by atoms with Crippen LogP contribution in [0.5, 0.6) is 0 Å². The van der Waals surface area contributed by atoms with Crippen molar-refractivity contribution in [2.45, 2.75) is 50.4 Å². The molecular weight excluding hydrogens is 767 g/mol. The molecule has 0 spiro atoms. The zero-order valence-electron chi connectivity index (χ0n) is 35.0. The van der Waals surface area contributed by atoms with Gasteiger partial charge < -0.3 is 4.90 Å². The molecule has 298 valence electrons. The van der Waals surface area contributed by atoms with Crippen molar-refractivity contribution in [1.82, 2.24) is 0 Å². The predicted octanol–water partition coefficient (Wildman–Crippen LogP) is 17.4. The van der Waals surface area contributed by atoms with E-state index in [1.807, 2.05) is 11.3 Å². The third-order valence-electron chi connectivity index (χ3n) is 14.2. The SMILES string of the molecule is CC1(c2ccccc2)c2ccccc2-c2ccc(-c3ccc(N(c4ccccc4-c4cccc5cccc(C6CCCCC6)c45)c4cccc5c4sc4ccccc45)cc3)cc21. The molecule has 0 bridgehead atoms. The van der Waals surface area contributed by atoms with E-state index in [1.165, 1.54) is 130 Å². The van der Waals surface area contributed by atoms with Crippen molar-refractivity contribution in [2.75, 3.05) is 4.90 Å². The molecule has 2 aliphatic carbocycles. The number of hydrogen-bond acceptors (Lipinski definition) is 2. The van der Waals surface area contributed by atoms with Crippen molar-refractivity contribution in [3.8, 4) is 33.4 Å². The lowest BCUT2D eigenvalue weighted by Gasteiger charge is -2.30. The van der Waals surface area contributed by atoms with Crippen molar-refractivity contribution < 1.29 is 0 Å². The van der Waals surface area contributed by atoms with Gasteiger partial charge in [0.1, 0.15) is 0 Å². The first-order chi connectivity index (χ1) is 30.6. The lowest BCUT2D eigenvalue weighted by atomic mass is 9.74. The van der Waals surface area contributed by atoms with Crippen LogP contribution >= 0.6 is 11.3 Å². The topological polar surface area (TPSA) is 3.24 Å². The van der Waals surface area contributed by atoms with Gasteiger partial charge in [-0.25, -0.2) is 0 Å². The minimum absolute atomic E-state index is 0.245. The Labute approximate surface area is 368 Å². The minimum Gasteiger partial charge on any atom is -0.308 e. The van der Waals surface area contributed by atoms with Crippen LogP contribution in [0.2, 0.25) is 0 Å². The molecule has 1 fully saturated rings. The molecule has 9 aromatic carbocycles. The largest absolute Gasteiger partial charge is 0.308 e. The van der Waals surface area contributed by atoms with Crippen LogP contribution in [0.15, 0.2) is 200 Å². The highest BCUT2D eigenvalue weighted by Crippen LogP contribution is 2.54. The van der Waals surface area contributed by atoms with Crippen LogP contribution in [-0.2, 0) is 5.41 Å². The molecule has 12 rings (SSSR count). The first-order valence-corrected chi connectivity index (χ1v) is 23.2. The smallest absolute Gasteiger partial charge is 0.0640 e. The normalized spacial score (nSPS) is 16.1. The number of para-hydroxylation sites is 1. The standard InChI is InChI=1S/C60H47NS/c1-60(44-21-6-3-7-22-44)53-29-11-8-23-47(53)48-38-35-43(39-54(48)60)40-33-36-45(37-34-40)61(56-31-16-28-52-50-25-10-13-32-57(50)62-59(52)56)55-30-12-9-24-49(55)51-27-15-20-42-19-14-26-46(58(42)51)41-17-4-2-5-18-41/h3,6-16,19-39,41H,2,4-5,17-18H2,1H3. The number of rotatable bonds is 7. The fourth-order valence-corrected chi connectivity index (χ4v) is 12.3. The third kappa shape index (κ3) is 5.88. The molecule has 1 nitrogen and oxygen atoms in total. The van der Waals surface area contributed by atoms with Crippen molar-refractivity contribution in [1.29, 1.82) is 0 Å². The molecule has 0 aliphatic heterocycles. The van der Waals surface area contributed by atoms with Crippen LogP contribution in [0, 0.1) is 0 Å². The number of fused-ring (bicyclic) bond motifs is 7. The van der Waals surface area contributed by atoms with E-state index in [1.54, 1.807) is 0 Å². The van der Waals surface area contributed by atoms with E-state index >= 15 is 0 Å². The molecule has 62 heavy (non-hydrogen) atoms. The number of anilines is 3. The third-order valence-corrected chi connectivity index (χ3v) is 15.4.